The lowest BCUT2D eigenvalue weighted by atomic mass is 9.87. The Kier molecular flexibility index (Phi) is 4.91. The van der Waals surface area contributed by atoms with E-state index in [-0.39, 0.29) is 18.7 Å². The summed E-state index contributed by atoms with van der Waals surface area (Å²) in [6.07, 6.45) is -0.287. The fourth-order valence-corrected chi connectivity index (χ4v) is 2.29. The van der Waals surface area contributed by atoms with Crippen molar-refractivity contribution >= 4 is 5.69 Å². The van der Waals surface area contributed by atoms with Gasteiger partial charge < -0.3 is 4.74 Å². The average Bonchev–Trinajstić information content (AvgIpc) is 2.26. The Bertz CT molecular complexity index is 536. The Morgan fingerprint density at radius 1 is 1.19 bits per heavy atom. The summed E-state index contributed by atoms with van der Waals surface area (Å²) in [5.41, 5.74) is 0.435. The van der Waals surface area contributed by atoms with Crippen LogP contribution in [0.2, 0.25) is 0 Å². The first-order valence-corrected chi connectivity index (χ1v) is 6.67. The van der Waals surface area contributed by atoms with Gasteiger partial charge in [0.15, 0.2) is 0 Å². The summed E-state index contributed by atoms with van der Waals surface area (Å²) in [4.78, 5) is 10.4. The number of ether oxygens (including phenoxy) is 1. The van der Waals surface area contributed by atoms with Crippen molar-refractivity contribution in [2.75, 3.05) is 6.61 Å². The second-order valence-electron chi connectivity index (χ2n) is 6.36. The third-order valence-corrected chi connectivity index (χ3v) is 3.10. The molecule has 0 fully saturated rings. The third kappa shape index (κ3) is 5.28. The minimum atomic E-state index is -2.76. The number of nitro benzene ring substituents is 1. The third-order valence-electron chi connectivity index (χ3n) is 3.10. The van der Waals surface area contributed by atoms with E-state index in [2.05, 4.69) is 0 Å². The Balaban J connectivity index is 2.85. The summed E-state index contributed by atoms with van der Waals surface area (Å²) in [6.45, 7) is 7.74. The number of nitrogens with zero attached hydrogens (tertiary/aromatic N) is 1. The number of halogens is 2. The molecule has 0 radical (unpaired) electrons. The van der Waals surface area contributed by atoms with Gasteiger partial charge in [0, 0.05) is 23.5 Å². The summed E-state index contributed by atoms with van der Waals surface area (Å²) in [7, 11) is 0. The van der Waals surface area contributed by atoms with Gasteiger partial charge in [-0.2, -0.15) is 0 Å². The van der Waals surface area contributed by atoms with Gasteiger partial charge in [0.1, 0.15) is 5.75 Å². The maximum absolute atomic E-state index is 13.1. The van der Waals surface area contributed by atoms with E-state index in [4.69, 9.17) is 4.74 Å². The molecule has 0 saturated carbocycles. The highest BCUT2D eigenvalue weighted by Gasteiger charge is 2.33. The van der Waals surface area contributed by atoms with Crippen molar-refractivity contribution in [1.82, 2.24) is 0 Å². The van der Waals surface area contributed by atoms with Gasteiger partial charge in [-0.3, -0.25) is 10.1 Å². The highest BCUT2D eigenvalue weighted by Crippen LogP contribution is 2.34. The fraction of sp³-hybridized carbons (Fsp3) is 0.600. The molecule has 0 aromatic heterocycles. The molecule has 0 aliphatic rings. The van der Waals surface area contributed by atoms with Gasteiger partial charge >= 0.3 is 0 Å². The minimum absolute atomic E-state index is 0.0270. The van der Waals surface area contributed by atoms with Gasteiger partial charge in [-0.15, -0.1) is 0 Å². The highest BCUT2D eigenvalue weighted by molar-refractivity contribution is 5.49. The van der Waals surface area contributed by atoms with Crippen molar-refractivity contribution < 1.29 is 18.4 Å². The summed E-state index contributed by atoms with van der Waals surface area (Å²) < 4.78 is 31.8. The number of benzene rings is 1. The molecule has 0 aliphatic heterocycles. The van der Waals surface area contributed by atoms with Gasteiger partial charge in [0.25, 0.3) is 5.69 Å². The zero-order chi connectivity index (χ0) is 16.4. The number of hydrogen-bond donors (Lipinski definition) is 0. The molecule has 0 unspecified atom stereocenters. The van der Waals surface area contributed by atoms with E-state index < -0.39 is 16.3 Å². The Hall–Kier alpha value is -1.72. The van der Waals surface area contributed by atoms with Gasteiger partial charge in [-0.05, 0) is 32.4 Å². The molecule has 1 rings (SSSR count). The molecule has 21 heavy (non-hydrogen) atoms. The lowest BCUT2D eigenvalue weighted by Crippen LogP contribution is -2.29. The zero-order valence-electron chi connectivity index (χ0n) is 13.0. The first-order chi connectivity index (χ1) is 9.41. The monoisotopic (exact) mass is 301 g/mol. The van der Waals surface area contributed by atoms with Gasteiger partial charge in [-0.25, -0.2) is 8.78 Å². The van der Waals surface area contributed by atoms with E-state index in [0.717, 1.165) is 6.92 Å². The number of alkyl halides is 2. The molecular weight excluding hydrogens is 280 g/mol. The molecule has 4 nitrogen and oxygen atoms in total. The number of nitro groups is 1. The molecule has 6 heteroatoms. The molecule has 1 aromatic carbocycles. The second-order valence-corrected chi connectivity index (χ2v) is 6.36. The van der Waals surface area contributed by atoms with Crippen molar-refractivity contribution in [3.63, 3.8) is 0 Å². The van der Waals surface area contributed by atoms with Crippen LogP contribution in [0.3, 0.4) is 0 Å². The SMILES string of the molecule is Cc1cc([N+](=O)[O-])c(C)cc1OCC(C)(C)CC(C)(F)F. The van der Waals surface area contributed by atoms with E-state index in [1.54, 1.807) is 33.8 Å². The van der Waals surface area contributed by atoms with Crippen molar-refractivity contribution in [2.24, 2.45) is 5.41 Å². The number of hydrogen-bond acceptors (Lipinski definition) is 3. The predicted octanol–water partition coefficient (Wildman–Crippen LogP) is 4.66. The maximum atomic E-state index is 13.1. The van der Waals surface area contributed by atoms with Crippen molar-refractivity contribution in [3.8, 4) is 5.75 Å². The molecule has 0 N–H and O–H groups in total. The van der Waals surface area contributed by atoms with Crippen LogP contribution in [0.1, 0.15) is 38.3 Å². The molecule has 1 aromatic rings. The normalized spacial score (nSPS) is 12.3. The van der Waals surface area contributed by atoms with Gasteiger partial charge in [-0.1, -0.05) is 13.8 Å². The van der Waals surface area contributed by atoms with Crippen molar-refractivity contribution in [3.05, 3.63) is 33.4 Å². The van der Waals surface area contributed by atoms with Crippen molar-refractivity contribution in [1.29, 1.82) is 0 Å². The number of aryl methyl sites for hydroxylation is 2. The number of rotatable bonds is 6. The fourth-order valence-electron chi connectivity index (χ4n) is 2.29. The highest BCUT2D eigenvalue weighted by atomic mass is 19.3. The molecule has 0 heterocycles. The Morgan fingerprint density at radius 3 is 2.24 bits per heavy atom. The second kappa shape index (κ2) is 5.95. The summed E-state index contributed by atoms with van der Waals surface area (Å²) in [5, 5.41) is 10.8. The molecular formula is C15H21F2NO3. The molecule has 0 spiro atoms. The van der Waals surface area contributed by atoms with E-state index in [1.165, 1.54) is 6.07 Å². The molecule has 0 bridgehead atoms. The van der Waals surface area contributed by atoms with E-state index in [9.17, 15) is 18.9 Å². The van der Waals surface area contributed by atoms with Crippen LogP contribution in [-0.4, -0.2) is 17.5 Å². The van der Waals surface area contributed by atoms with Crippen LogP contribution in [0.5, 0.6) is 5.75 Å². The van der Waals surface area contributed by atoms with Crippen LogP contribution in [0.15, 0.2) is 12.1 Å². The molecule has 118 valence electrons. The van der Waals surface area contributed by atoms with Crippen molar-refractivity contribution in [2.45, 2.75) is 47.0 Å². The van der Waals surface area contributed by atoms with Gasteiger partial charge in [0.2, 0.25) is 5.92 Å². The van der Waals surface area contributed by atoms with Crippen LogP contribution < -0.4 is 4.74 Å². The van der Waals surface area contributed by atoms with Crippen LogP contribution in [0.4, 0.5) is 14.5 Å². The van der Waals surface area contributed by atoms with E-state index >= 15 is 0 Å². The topological polar surface area (TPSA) is 52.4 Å². The first kappa shape index (κ1) is 17.3. The van der Waals surface area contributed by atoms with Crippen LogP contribution in [0, 0.1) is 29.4 Å². The summed E-state index contributed by atoms with van der Waals surface area (Å²) in [6, 6.07) is 3.01. The summed E-state index contributed by atoms with van der Waals surface area (Å²) in [5.74, 6) is -2.27. The molecule has 0 atom stereocenters. The van der Waals surface area contributed by atoms with E-state index in [1.807, 2.05) is 0 Å². The standard InChI is InChI=1S/C15H21F2NO3/c1-10-7-13(11(2)6-12(10)18(19)20)21-9-14(3,4)8-15(5,16)17/h6-7H,8-9H2,1-5H3. The minimum Gasteiger partial charge on any atom is -0.493 e. The quantitative estimate of drug-likeness (QED) is 0.567. The predicted molar refractivity (Wildman–Crippen MR) is 77.1 cm³/mol. The first-order valence-electron chi connectivity index (χ1n) is 6.67. The zero-order valence-corrected chi connectivity index (χ0v) is 13.0. The lowest BCUT2D eigenvalue weighted by molar-refractivity contribution is -0.385. The Labute approximate surface area is 123 Å². The molecule has 0 aliphatic carbocycles. The smallest absolute Gasteiger partial charge is 0.272 e. The van der Waals surface area contributed by atoms with Crippen LogP contribution >= 0.6 is 0 Å². The summed E-state index contributed by atoms with van der Waals surface area (Å²) >= 11 is 0. The van der Waals surface area contributed by atoms with E-state index in [0.29, 0.717) is 16.9 Å². The van der Waals surface area contributed by atoms with Crippen LogP contribution in [0.25, 0.3) is 0 Å². The maximum Gasteiger partial charge on any atom is 0.272 e. The Morgan fingerprint density at radius 2 is 1.76 bits per heavy atom. The van der Waals surface area contributed by atoms with Gasteiger partial charge in [0.05, 0.1) is 11.5 Å². The van der Waals surface area contributed by atoms with Crippen LogP contribution in [-0.2, 0) is 0 Å². The molecule has 0 amide bonds. The molecule has 0 saturated heterocycles. The largest absolute Gasteiger partial charge is 0.493 e. The average molecular weight is 301 g/mol. The lowest BCUT2D eigenvalue weighted by Gasteiger charge is -2.28.